The van der Waals surface area contributed by atoms with E-state index in [-0.39, 0.29) is 51.0 Å². The van der Waals surface area contributed by atoms with Crippen LogP contribution in [-0.4, -0.2) is 77.0 Å². The molecular formula is C34H35F2N5O3. The monoisotopic (exact) mass is 599 g/mol. The van der Waals surface area contributed by atoms with Crippen molar-refractivity contribution in [1.29, 1.82) is 0 Å². The second kappa shape index (κ2) is 11.1. The zero-order chi connectivity index (χ0) is 30.6. The number of benzene rings is 2. The molecule has 0 amide bonds. The van der Waals surface area contributed by atoms with Gasteiger partial charge in [0.15, 0.2) is 5.82 Å². The van der Waals surface area contributed by atoms with Gasteiger partial charge in [-0.25, -0.2) is 8.78 Å². The van der Waals surface area contributed by atoms with E-state index in [1.54, 1.807) is 0 Å². The fourth-order valence-electron chi connectivity index (χ4n) is 7.66. The maximum atomic E-state index is 16.7. The quantitative estimate of drug-likeness (QED) is 0.294. The molecule has 1 aliphatic carbocycles. The number of fused-ring (bicyclic) bond motifs is 3. The van der Waals surface area contributed by atoms with Crippen LogP contribution >= 0.6 is 0 Å². The highest BCUT2D eigenvalue weighted by atomic mass is 19.1. The summed E-state index contributed by atoms with van der Waals surface area (Å²) in [5, 5.41) is 11.7. The minimum Gasteiger partial charge on any atom is -0.508 e. The van der Waals surface area contributed by atoms with E-state index in [2.05, 4.69) is 27.8 Å². The predicted molar refractivity (Wildman–Crippen MR) is 165 cm³/mol. The summed E-state index contributed by atoms with van der Waals surface area (Å²) in [4.78, 5) is 18.4. The maximum absolute atomic E-state index is 16.7. The van der Waals surface area contributed by atoms with E-state index < -0.39 is 11.6 Å². The highest BCUT2D eigenvalue weighted by Gasteiger charge is 2.47. The van der Waals surface area contributed by atoms with Gasteiger partial charge >= 0.3 is 6.01 Å². The molecule has 0 spiro atoms. The number of nitrogens with zero attached hydrogens (tertiary/aromatic N) is 5. The molecule has 3 unspecified atom stereocenters. The molecule has 228 valence electrons. The van der Waals surface area contributed by atoms with Crippen molar-refractivity contribution in [3.8, 4) is 35.4 Å². The van der Waals surface area contributed by atoms with Gasteiger partial charge < -0.3 is 24.4 Å². The molecule has 2 saturated heterocycles. The van der Waals surface area contributed by atoms with Crippen LogP contribution in [0.5, 0.6) is 11.8 Å². The first-order chi connectivity index (χ1) is 21.3. The number of anilines is 1. The first kappa shape index (κ1) is 28.7. The van der Waals surface area contributed by atoms with Gasteiger partial charge in [0, 0.05) is 41.7 Å². The summed E-state index contributed by atoms with van der Waals surface area (Å²) in [7, 11) is 2.18. The first-order valence-corrected chi connectivity index (χ1v) is 15.3. The minimum atomic E-state index is -0.731. The fraction of sp³-hybridized carbons (Fsp3) is 0.441. The van der Waals surface area contributed by atoms with Crippen LogP contribution < -0.4 is 9.64 Å². The molecule has 2 aromatic carbocycles. The average molecular weight is 600 g/mol. The van der Waals surface area contributed by atoms with Gasteiger partial charge in [-0.05, 0) is 69.8 Å². The number of pyridine rings is 1. The molecule has 1 N–H and O–H groups in total. The number of halogens is 2. The minimum absolute atomic E-state index is 0.0110. The van der Waals surface area contributed by atoms with Gasteiger partial charge in [-0.3, -0.25) is 4.98 Å². The van der Waals surface area contributed by atoms with Crippen LogP contribution in [0.4, 0.5) is 14.6 Å². The van der Waals surface area contributed by atoms with Crippen molar-refractivity contribution in [3.05, 3.63) is 47.7 Å². The summed E-state index contributed by atoms with van der Waals surface area (Å²) < 4.78 is 43.7. The number of phenolic OH excluding ortho intramolecular Hbond substituents is 1. The number of hydrogen-bond acceptors (Lipinski definition) is 8. The van der Waals surface area contributed by atoms with Gasteiger partial charge in [-0.15, -0.1) is 6.42 Å². The average Bonchev–Trinajstić information content (AvgIpc) is 3.46. The van der Waals surface area contributed by atoms with E-state index in [1.165, 1.54) is 30.5 Å². The molecule has 0 radical (unpaired) electrons. The highest BCUT2D eigenvalue weighted by molar-refractivity contribution is 6.03. The standard InChI is InChI=1S/C34H35F2N5O3/c1-4-23-26(35)9-8-21-15-22(42)16-24(28(21)23)30-29(36)31-25(17-37-30)32(41-13-14-43-20(2)18-41)39-33(38-31)44-19-34-10-5-7-27(34)40(3)12-6-11-34/h1,8-9,15-17,20,27,42H,5-7,10-14,18-19H2,2-3H3. The molecular weight excluding hydrogens is 564 g/mol. The Morgan fingerprint density at radius 1 is 1.18 bits per heavy atom. The zero-order valence-corrected chi connectivity index (χ0v) is 24.9. The smallest absolute Gasteiger partial charge is 0.319 e. The Labute approximate surface area is 255 Å². The van der Waals surface area contributed by atoms with Crippen molar-refractivity contribution in [3.63, 3.8) is 0 Å². The third-order valence-electron chi connectivity index (χ3n) is 9.70. The summed E-state index contributed by atoms with van der Waals surface area (Å²) in [6, 6.07) is 6.08. The SMILES string of the molecule is C#Cc1c(F)ccc2cc(O)cc(-c3ncc4c(N5CCOC(C)C5)nc(OCC56CCCC5N(C)CCC6)nc4c3F)c12. The summed E-state index contributed by atoms with van der Waals surface area (Å²) >= 11 is 0. The van der Waals surface area contributed by atoms with Crippen LogP contribution in [0.25, 0.3) is 32.9 Å². The number of piperidine rings is 1. The molecule has 3 aliphatic rings. The van der Waals surface area contributed by atoms with Gasteiger partial charge in [0.25, 0.3) is 0 Å². The molecule has 7 rings (SSSR count). The largest absolute Gasteiger partial charge is 0.508 e. The van der Waals surface area contributed by atoms with Gasteiger partial charge in [0.05, 0.1) is 30.3 Å². The van der Waals surface area contributed by atoms with Crippen molar-refractivity contribution < 1.29 is 23.4 Å². The van der Waals surface area contributed by atoms with E-state index in [4.69, 9.17) is 20.9 Å². The van der Waals surface area contributed by atoms with E-state index in [0.29, 0.717) is 48.9 Å². The number of rotatable bonds is 5. The number of aromatic hydroxyl groups is 1. The van der Waals surface area contributed by atoms with Crippen molar-refractivity contribution in [2.45, 2.75) is 51.2 Å². The lowest BCUT2D eigenvalue weighted by molar-refractivity contribution is 0.0132. The molecule has 0 bridgehead atoms. The van der Waals surface area contributed by atoms with Crippen LogP contribution in [0.15, 0.2) is 30.5 Å². The molecule has 2 aromatic heterocycles. The molecule has 44 heavy (non-hydrogen) atoms. The number of aromatic nitrogens is 3. The normalized spacial score (nSPS) is 24.0. The fourth-order valence-corrected chi connectivity index (χ4v) is 7.66. The predicted octanol–water partition coefficient (Wildman–Crippen LogP) is 5.68. The van der Waals surface area contributed by atoms with Crippen LogP contribution in [0.3, 0.4) is 0 Å². The molecule has 3 atom stereocenters. The number of likely N-dealkylation sites (tertiary alicyclic amines) is 1. The molecule has 2 aliphatic heterocycles. The van der Waals surface area contributed by atoms with Crippen molar-refractivity contribution in [2.24, 2.45) is 5.41 Å². The Morgan fingerprint density at radius 2 is 2.02 bits per heavy atom. The number of hydrogen-bond donors (Lipinski definition) is 1. The van der Waals surface area contributed by atoms with Crippen molar-refractivity contribution in [2.75, 3.05) is 44.8 Å². The van der Waals surface area contributed by atoms with Gasteiger partial charge in [-0.2, -0.15) is 9.97 Å². The van der Waals surface area contributed by atoms with Crippen molar-refractivity contribution >= 4 is 27.5 Å². The molecule has 10 heteroatoms. The summed E-state index contributed by atoms with van der Waals surface area (Å²) in [6.07, 6.45) is 12.7. The molecule has 3 fully saturated rings. The maximum Gasteiger partial charge on any atom is 0.319 e. The Morgan fingerprint density at radius 3 is 2.84 bits per heavy atom. The van der Waals surface area contributed by atoms with Crippen LogP contribution in [0, 0.1) is 29.4 Å². The van der Waals surface area contributed by atoms with Crippen LogP contribution in [0.1, 0.15) is 44.6 Å². The zero-order valence-electron chi connectivity index (χ0n) is 24.9. The number of phenols is 1. The molecule has 4 aromatic rings. The third kappa shape index (κ3) is 4.79. The lowest BCUT2D eigenvalue weighted by Gasteiger charge is -2.44. The number of terminal acetylenes is 1. The Kier molecular flexibility index (Phi) is 7.26. The first-order valence-electron chi connectivity index (χ1n) is 15.3. The van der Waals surface area contributed by atoms with E-state index in [1.807, 2.05) is 11.8 Å². The van der Waals surface area contributed by atoms with Gasteiger partial charge in [-0.1, -0.05) is 18.4 Å². The van der Waals surface area contributed by atoms with E-state index in [0.717, 1.165) is 38.6 Å². The lowest BCUT2D eigenvalue weighted by atomic mass is 9.76. The summed E-state index contributed by atoms with van der Waals surface area (Å²) in [5.74, 6) is 1.43. The van der Waals surface area contributed by atoms with E-state index in [9.17, 15) is 9.50 Å². The Hall–Kier alpha value is -4.07. The Bertz CT molecular complexity index is 1810. The Balaban J connectivity index is 1.37. The topological polar surface area (TPSA) is 83.8 Å². The highest BCUT2D eigenvalue weighted by Crippen LogP contribution is 2.47. The van der Waals surface area contributed by atoms with Gasteiger partial charge in [0.1, 0.15) is 28.6 Å². The number of ether oxygens (including phenoxy) is 2. The number of morpholine rings is 1. The van der Waals surface area contributed by atoms with Gasteiger partial charge in [0.2, 0.25) is 0 Å². The molecule has 8 nitrogen and oxygen atoms in total. The molecule has 1 saturated carbocycles. The second-order valence-corrected chi connectivity index (χ2v) is 12.4. The van der Waals surface area contributed by atoms with Crippen LogP contribution in [-0.2, 0) is 4.74 Å². The summed E-state index contributed by atoms with van der Waals surface area (Å²) in [6.45, 7) is 5.15. The third-order valence-corrected chi connectivity index (χ3v) is 9.70. The second-order valence-electron chi connectivity index (χ2n) is 12.4. The summed E-state index contributed by atoms with van der Waals surface area (Å²) in [5.41, 5.74) is 0.0842. The van der Waals surface area contributed by atoms with Crippen molar-refractivity contribution in [1.82, 2.24) is 19.9 Å². The molecule has 4 heterocycles. The lowest BCUT2D eigenvalue weighted by Crippen LogP contribution is -2.50. The van der Waals surface area contributed by atoms with Crippen LogP contribution in [0.2, 0.25) is 0 Å². The van der Waals surface area contributed by atoms with E-state index >= 15 is 4.39 Å².